The van der Waals surface area contributed by atoms with Gasteiger partial charge in [-0.15, -0.1) is 0 Å². The van der Waals surface area contributed by atoms with Gasteiger partial charge in [0.25, 0.3) is 0 Å². The van der Waals surface area contributed by atoms with Crippen LogP contribution in [0.2, 0.25) is 0 Å². The molecule has 182 valence electrons. The largest absolute Gasteiger partial charge is 0.496 e. The van der Waals surface area contributed by atoms with Gasteiger partial charge in [0.15, 0.2) is 17.8 Å². The van der Waals surface area contributed by atoms with Crippen molar-refractivity contribution in [2.24, 2.45) is 0 Å². The third-order valence-corrected chi connectivity index (χ3v) is 6.39. The number of benzene rings is 3. The van der Waals surface area contributed by atoms with Gasteiger partial charge in [0.05, 0.1) is 46.8 Å². The molecule has 2 N–H and O–H groups in total. The van der Waals surface area contributed by atoms with Crippen LogP contribution in [0.25, 0.3) is 11.1 Å². The summed E-state index contributed by atoms with van der Waals surface area (Å²) < 4.78 is 27.6. The Balaban J connectivity index is 2.06. The maximum absolute atomic E-state index is 11.8. The minimum atomic E-state index is 0.488. The number of aldehydes is 1. The second kappa shape index (κ2) is 10.0. The standard InChI is InChI=1S/C28H29NO6/c1-31-22-10-6-16(12-18(22)15-30)19-7-8-21-20(9-11-23(32-2)27(21)29)26(19)17-13-24(33-3)28(35-5)25(14-17)34-4/h6,9-15H,7-8,29H2,1-5H3. The molecule has 0 atom stereocenters. The van der Waals surface area contributed by atoms with Crippen LogP contribution in [0.1, 0.15) is 39.0 Å². The first-order valence-corrected chi connectivity index (χ1v) is 11.1. The number of allylic oxidation sites excluding steroid dienone is 1. The third-order valence-electron chi connectivity index (χ3n) is 6.39. The summed E-state index contributed by atoms with van der Waals surface area (Å²) in [6, 6.07) is 13.4. The highest BCUT2D eigenvalue weighted by atomic mass is 16.5. The van der Waals surface area contributed by atoms with Gasteiger partial charge in [-0.2, -0.15) is 0 Å². The fourth-order valence-electron chi connectivity index (χ4n) is 4.72. The lowest BCUT2D eigenvalue weighted by molar-refractivity contribution is 0.112. The lowest BCUT2D eigenvalue weighted by atomic mass is 9.78. The Bertz CT molecular complexity index is 1290. The summed E-state index contributed by atoms with van der Waals surface area (Å²) in [5.74, 6) is 2.78. The molecule has 1 aliphatic rings. The number of hydrogen-bond donors (Lipinski definition) is 1. The molecule has 0 saturated carbocycles. The van der Waals surface area contributed by atoms with Crippen LogP contribution in [0.4, 0.5) is 5.69 Å². The summed E-state index contributed by atoms with van der Waals surface area (Å²) in [6.07, 6.45) is 2.24. The predicted molar refractivity (Wildman–Crippen MR) is 136 cm³/mol. The normalized spacial score (nSPS) is 12.6. The van der Waals surface area contributed by atoms with Crippen molar-refractivity contribution < 1.29 is 28.5 Å². The Morgan fingerprint density at radius 1 is 0.714 bits per heavy atom. The molecule has 0 aliphatic heterocycles. The topological polar surface area (TPSA) is 89.2 Å². The fraction of sp³-hybridized carbons (Fsp3) is 0.250. The van der Waals surface area contributed by atoms with Crippen LogP contribution < -0.4 is 29.4 Å². The van der Waals surface area contributed by atoms with Gasteiger partial charge in [0, 0.05) is 0 Å². The van der Waals surface area contributed by atoms with Crippen LogP contribution in [0.5, 0.6) is 28.7 Å². The molecule has 7 heteroatoms. The molecule has 3 aromatic carbocycles. The number of anilines is 1. The highest BCUT2D eigenvalue weighted by molar-refractivity contribution is 6.03. The molecule has 0 spiro atoms. The molecule has 7 nitrogen and oxygen atoms in total. The first kappa shape index (κ1) is 24.0. The first-order chi connectivity index (χ1) is 17.0. The molecular formula is C28H29NO6. The molecule has 0 heterocycles. The maximum Gasteiger partial charge on any atom is 0.203 e. The SMILES string of the molecule is COc1ccc(C2=C(c3cc(OC)c(OC)c(OC)c3)c3ccc(OC)c(N)c3CC2)cc1C=O. The van der Waals surface area contributed by atoms with Crippen LogP contribution in [-0.4, -0.2) is 41.8 Å². The average molecular weight is 476 g/mol. The van der Waals surface area contributed by atoms with Crippen molar-refractivity contribution in [1.29, 1.82) is 0 Å². The van der Waals surface area contributed by atoms with Gasteiger partial charge in [0.2, 0.25) is 5.75 Å². The van der Waals surface area contributed by atoms with E-state index in [0.717, 1.165) is 46.1 Å². The molecule has 0 bridgehead atoms. The molecule has 1 aliphatic carbocycles. The Morgan fingerprint density at radius 2 is 1.34 bits per heavy atom. The van der Waals surface area contributed by atoms with E-state index in [9.17, 15) is 4.79 Å². The number of rotatable bonds is 8. The predicted octanol–water partition coefficient (Wildman–Crippen LogP) is 5.03. The Hall–Kier alpha value is -4.13. The molecule has 0 aromatic heterocycles. The third kappa shape index (κ3) is 4.14. The van der Waals surface area contributed by atoms with E-state index < -0.39 is 0 Å². The van der Waals surface area contributed by atoms with E-state index in [0.29, 0.717) is 46.4 Å². The Morgan fingerprint density at radius 3 is 1.91 bits per heavy atom. The van der Waals surface area contributed by atoms with Gasteiger partial charge in [-0.3, -0.25) is 4.79 Å². The minimum absolute atomic E-state index is 0.488. The van der Waals surface area contributed by atoms with Gasteiger partial charge in [0.1, 0.15) is 11.5 Å². The summed E-state index contributed by atoms with van der Waals surface area (Å²) >= 11 is 0. The van der Waals surface area contributed by atoms with Crippen LogP contribution in [-0.2, 0) is 6.42 Å². The number of fused-ring (bicyclic) bond motifs is 1. The molecule has 4 rings (SSSR count). The second-order valence-electron chi connectivity index (χ2n) is 8.05. The zero-order chi connectivity index (χ0) is 25.1. The van der Waals surface area contributed by atoms with Gasteiger partial charge in [-0.1, -0.05) is 12.1 Å². The van der Waals surface area contributed by atoms with Crippen LogP contribution in [0.3, 0.4) is 0 Å². The second-order valence-corrected chi connectivity index (χ2v) is 8.05. The Labute approximate surface area is 205 Å². The van der Waals surface area contributed by atoms with E-state index >= 15 is 0 Å². The lowest BCUT2D eigenvalue weighted by Crippen LogP contribution is -2.10. The Kier molecular flexibility index (Phi) is 6.87. The summed E-state index contributed by atoms with van der Waals surface area (Å²) in [7, 11) is 7.92. The molecule has 0 radical (unpaired) electrons. The van der Waals surface area contributed by atoms with Crippen molar-refractivity contribution in [1.82, 2.24) is 0 Å². The van der Waals surface area contributed by atoms with E-state index in [1.54, 1.807) is 35.5 Å². The van der Waals surface area contributed by atoms with E-state index in [1.807, 2.05) is 42.5 Å². The molecular weight excluding hydrogens is 446 g/mol. The average Bonchev–Trinajstić information content (AvgIpc) is 2.91. The van der Waals surface area contributed by atoms with Crippen molar-refractivity contribution in [3.8, 4) is 28.7 Å². The monoisotopic (exact) mass is 475 g/mol. The van der Waals surface area contributed by atoms with Crippen molar-refractivity contribution in [3.05, 3.63) is 70.3 Å². The molecule has 0 unspecified atom stereocenters. The van der Waals surface area contributed by atoms with Gasteiger partial charge in [-0.05, 0) is 76.6 Å². The number of carbonyl (C=O) groups excluding carboxylic acids is 1. The first-order valence-electron chi connectivity index (χ1n) is 11.1. The minimum Gasteiger partial charge on any atom is -0.496 e. The number of ether oxygens (including phenoxy) is 5. The van der Waals surface area contributed by atoms with Crippen molar-refractivity contribution in [2.75, 3.05) is 41.3 Å². The maximum atomic E-state index is 11.8. The van der Waals surface area contributed by atoms with E-state index in [4.69, 9.17) is 29.4 Å². The highest BCUT2D eigenvalue weighted by Gasteiger charge is 2.27. The zero-order valence-corrected chi connectivity index (χ0v) is 20.6. The molecule has 35 heavy (non-hydrogen) atoms. The van der Waals surface area contributed by atoms with Gasteiger partial charge < -0.3 is 29.4 Å². The van der Waals surface area contributed by atoms with Crippen LogP contribution in [0.15, 0.2) is 42.5 Å². The van der Waals surface area contributed by atoms with E-state index in [-0.39, 0.29) is 0 Å². The quantitative estimate of drug-likeness (QED) is 0.361. The summed E-state index contributed by atoms with van der Waals surface area (Å²) in [4.78, 5) is 11.8. The van der Waals surface area contributed by atoms with Crippen LogP contribution in [0, 0.1) is 0 Å². The fourth-order valence-corrected chi connectivity index (χ4v) is 4.72. The highest BCUT2D eigenvalue weighted by Crippen LogP contribution is 2.48. The number of methoxy groups -OCH3 is 5. The van der Waals surface area contributed by atoms with E-state index in [2.05, 4.69) is 0 Å². The molecule has 3 aromatic rings. The van der Waals surface area contributed by atoms with Crippen molar-refractivity contribution in [3.63, 3.8) is 0 Å². The summed E-state index contributed by atoms with van der Waals surface area (Å²) in [5, 5.41) is 0. The van der Waals surface area contributed by atoms with Crippen molar-refractivity contribution >= 4 is 23.1 Å². The molecule has 0 fully saturated rings. The smallest absolute Gasteiger partial charge is 0.203 e. The number of nitrogen functional groups attached to an aromatic ring is 1. The van der Waals surface area contributed by atoms with E-state index in [1.165, 1.54) is 0 Å². The van der Waals surface area contributed by atoms with Gasteiger partial charge >= 0.3 is 0 Å². The zero-order valence-electron chi connectivity index (χ0n) is 20.6. The number of hydrogen-bond acceptors (Lipinski definition) is 7. The van der Waals surface area contributed by atoms with Gasteiger partial charge in [-0.25, -0.2) is 0 Å². The number of nitrogens with two attached hydrogens (primary N) is 1. The molecule has 0 saturated heterocycles. The molecule has 0 amide bonds. The summed E-state index contributed by atoms with van der Waals surface area (Å²) in [6.45, 7) is 0. The lowest BCUT2D eigenvalue weighted by Gasteiger charge is -2.27. The summed E-state index contributed by atoms with van der Waals surface area (Å²) in [5.41, 5.74) is 13.5. The number of carbonyl (C=O) groups is 1. The van der Waals surface area contributed by atoms with Crippen molar-refractivity contribution in [2.45, 2.75) is 12.8 Å². The van der Waals surface area contributed by atoms with Crippen LogP contribution >= 0.6 is 0 Å².